The fraction of sp³-hybridized carbons (Fsp3) is 0.368. The molecule has 0 radical (unpaired) electrons. The molecule has 0 saturated carbocycles. The number of carbonyl (C=O) groups is 1. The lowest BCUT2D eigenvalue weighted by Gasteiger charge is -2.27. The van der Waals surface area contributed by atoms with E-state index in [1.54, 1.807) is 0 Å². The summed E-state index contributed by atoms with van der Waals surface area (Å²) in [6, 6.07) is 5.95. The van der Waals surface area contributed by atoms with Gasteiger partial charge in [-0.15, -0.1) is 0 Å². The molecular weight excluding hydrogens is 322 g/mol. The van der Waals surface area contributed by atoms with Crippen LogP contribution in [0.2, 0.25) is 5.02 Å². The predicted molar refractivity (Wildman–Crippen MR) is 96.5 cm³/mol. The summed E-state index contributed by atoms with van der Waals surface area (Å²) in [5.74, 6) is 0.0613. The molecule has 1 aromatic rings. The van der Waals surface area contributed by atoms with E-state index in [4.69, 9.17) is 11.6 Å². The third-order valence-electron chi connectivity index (χ3n) is 4.86. The highest BCUT2D eigenvalue weighted by Crippen LogP contribution is 2.33. The molecule has 124 valence electrons. The number of nitrogens with zero attached hydrogens (tertiary/aromatic N) is 2. The maximum atomic E-state index is 11.4. The van der Waals surface area contributed by atoms with Gasteiger partial charge in [0, 0.05) is 17.5 Å². The number of rotatable bonds is 3. The van der Waals surface area contributed by atoms with Crippen molar-refractivity contribution in [3.8, 4) is 0 Å². The summed E-state index contributed by atoms with van der Waals surface area (Å²) in [5.41, 5.74) is 3.75. The monoisotopic (exact) mass is 341 g/mol. The number of hydrogen-bond acceptors (Lipinski definition) is 2. The lowest BCUT2D eigenvalue weighted by atomic mass is 9.91. The fourth-order valence-electron chi connectivity index (χ4n) is 3.59. The van der Waals surface area contributed by atoms with E-state index >= 15 is 0 Å². The Hall–Kier alpha value is -1.91. The number of carbonyl (C=O) groups excluding carboxylic acids is 1. The first-order valence-electron chi connectivity index (χ1n) is 8.50. The van der Waals surface area contributed by atoms with E-state index in [1.165, 1.54) is 24.8 Å². The molecule has 1 aliphatic carbocycles. The van der Waals surface area contributed by atoms with Crippen molar-refractivity contribution in [2.75, 3.05) is 13.1 Å². The van der Waals surface area contributed by atoms with Crippen molar-refractivity contribution in [3.05, 3.63) is 58.3 Å². The van der Waals surface area contributed by atoms with Gasteiger partial charge in [-0.1, -0.05) is 42.3 Å². The zero-order valence-corrected chi connectivity index (χ0v) is 14.2. The van der Waals surface area contributed by atoms with Crippen LogP contribution in [-0.2, 0) is 6.54 Å². The van der Waals surface area contributed by atoms with Gasteiger partial charge >= 0.3 is 6.03 Å². The van der Waals surface area contributed by atoms with Crippen molar-refractivity contribution < 1.29 is 4.79 Å². The van der Waals surface area contributed by atoms with Crippen molar-refractivity contribution in [3.63, 3.8) is 0 Å². The number of nitrogens with one attached hydrogen (secondary N) is 1. The Bertz CT molecular complexity index is 760. The summed E-state index contributed by atoms with van der Waals surface area (Å²) >= 11 is 6.73. The first-order chi connectivity index (χ1) is 11.7. The Morgan fingerprint density at radius 1 is 1.25 bits per heavy atom. The van der Waals surface area contributed by atoms with Gasteiger partial charge in [-0.25, -0.2) is 4.79 Å². The molecule has 2 amide bonds. The average molecular weight is 342 g/mol. The van der Waals surface area contributed by atoms with Crippen LogP contribution in [0, 0.1) is 0 Å². The van der Waals surface area contributed by atoms with Crippen molar-refractivity contribution in [1.29, 1.82) is 0 Å². The van der Waals surface area contributed by atoms with Crippen LogP contribution < -0.4 is 5.32 Å². The lowest BCUT2D eigenvalue weighted by Crippen LogP contribution is -2.29. The largest absolute Gasteiger partial charge is 0.346 e. The molecule has 0 bridgehead atoms. The molecule has 3 aliphatic rings. The van der Waals surface area contributed by atoms with Crippen molar-refractivity contribution in [1.82, 2.24) is 10.2 Å². The second-order valence-corrected chi connectivity index (χ2v) is 6.93. The van der Waals surface area contributed by atoms with Gasteiger partial charge in [0.2, 0.25) is 0 Å². The summed E-state index contributed by atoms with van der Waals surface area (Å²) in [7, 11) is 0. The van der Waals surface area contributed by atoms with Gasteiger partial charge in [0.05, 0.1) is 11.4 Å². The molecule has 1 saturated heterocycles. The van der Waals surface area contributed by atoms with Gasteiger partial charge in [0.15, 0.2) is 0 Å². The number of amides is 2. The number of piperidine rings is 1. The highest BCUT2D eigenvalue weighted by atomic mass is 35.5. The topological polar surface area (TPSA) is 44.7 Å². The van der Waals surface area contributed by atoms with Gasteiger partial charge in [0.1, 0.15) is 0 Å². The molecule has 1 aromatic carbocycles. The van der Waals surface area contributed by atoms with E-state index in [9.17, 15) is 4.79 Å². The number of urea groups is 1. The molecule has 1 unspecified atom stereocenters. The third kappa shape index (κ3) is 3.04. The maximum absolute atomic E-state index is 11.4. The summed E-state index contributed by atoms with van der Waals surface area (Å²) in [6.07, 6.45) is 9.85. The van der Waals surface area contributed by atoms with Gasteiger partial charge < -0.3 is 5.32 Å². The number of allylic oxidation sites excluding steroid dienone is 3. The average Bonchev–Trinajstić information content (AvgIpc) is 2.97. The highest BCUT2D eigenvalue weighted by molar-refractivity contribution is 6.32. The number of halogens is 1. The molecule has 5 heteroatoms. The van der Waals surface area contributed by atoms with Crippen LogP contribution in [0.15, 0.2) is 47.1 Å². The molecule has 4 nitrogen and oxygen atoms in total. The minimum Gasteiger partial charge on any atom is -0.304 e. The van der Waals surface area contributed by atoms with Crippen molar-refractivity contribution in [2.24, 2.45) is 4.99 Å². The van der Waals surface area contributed by atoms with E-state index < -0.39 is 0 Å². The van der Waals surface area contributed by atoms with Gasteiger partial charge in [-0.2, -0.15) is 4.99 Å². The molecule has 2 heterocycles. The Morgan fingerprint density at radius 2 is 2.08 bits per heavy atom. The van der Waals surface area contributed by atoms with E-state index in [0.29, 0.717) is 5.71 Å². The molecule has 0 spiro atoms. The minimum absolute atomic E-state index is 0.0613. The SMILES string of the molecule is O=C1N=C2C=CC(c3cccc(CN4CCCCC4)c3Cl)C=C2N1. The van der Waals surface area contributed by atoms with Crippen LogP contribution >= 0.6 is 11.6 Å². The molecule has 24 heavy (non-hydrogen) atoms. The van der Waals surface area contributed by atoms with E-state index in [-0.39, 0.29) is 11.9 Å². The highest BCUT2D eigenvalue weighted by Gasteiger charge is 2.24. The summed E-state index contributed by atoms with van der Waals surface area (Å²) in [5, 5.41) is 3.60. The molecular formula is C19H20ClN3O. The first kappa shape index (κ1) is 15.6. The lowest BCUT2D eigenvalue weighted by molar-refractivity contribution is 0.221. The normalized spacial score (nSPS) is 23.5. The standard InChI is InChI=1S/C19H20ClN3O/c20-18-14(12-23-9-2-1-3-10-23)5-4-6-15(18)13-7-8-16-17(11-13)22-19(24)21-16/h4-8,11,13H,1-3,9-10,12H2,(H,22,24). The Morgan fingerprint density at radius 3 is 2.92 bits per heavy atom. The molecule has 1 N–H and O–H groups in total. The Kier molecular flexibility index (Phi) is 4.25. The third-order valence-corrected chi connectivity index (χ3v) is 5.32. The zero-order valence-electron chi connectivity index (χ0n) is 13.5. The molecule has 1 atom stereocenters. The molecule has 4 rings (SSSR count). The number of aliphatic imine (C=N–C) groups is 1. The summed E-state index contributed by atoms with van der Waals surface area (Å²) in [6.45, 7) is 3.21. The fourth-order valence-corrected chi connectivity index (χ4v) is 3.90. The van der Waals surface area contributed by atoms with Gasteiger partial charge in [-0.3, -0.25) is 4.90 Å². The van der Waals surface area contributed by atoms with Crippen molar-refractivity contribution >= 4 is 23.3 Å². The Labute approximate surface area is 146 Å². The van der Waals surface area contributed by atoms with E-state index in [0.717, 1.165) is 35.9 Å². The number of hydrogen-bond donors (Lipinski definition) is 1. The van der Waals surface area contributed by atoms with Gasteiger partial charge in [0.25, 0.3) is 0 Å². The van der Waals surface area contributed by atoms with E-state index in [2.05, 4.69) is 39.5 Å². The van der Waals surface area contributed by atoms with Crippen LogP contribution in [0.4, 0.5) is 4.79 Å². The Balaban J connectivity index is 1.58. The first-order valence-corrected chi connectivity index (χ1v) is 8.88. The number of benzene rings is 1. The molecule has 2 aliphatic heterocycles. The zero-order chi connectivity index (χ0) is 16.5. The molecule has 0 aromatic heterocycles. The smallest absolute Gasteiger partial charge is 0.304 e. The summed E-state index contributed by atoms with van der Waals surface area (Å²) < 4.78 is 0. The maximum Gasteiger partial charge on any atom is 0.346 e. The second kappa shape index (κ2) is 6.54. The van der Waals surface area contributed by atoms with Gasteiger partial charge in [-0.05, 0) is 49.2 Å². The number of likely N-dealkylation sites (tertiary alicyclic amines) is 1. The van der Waals surface area contributed by atoms with Crippen LogP contribution in [0.1, 0.15) is 36.3 Å². The predicted octanol–water partition coefficient (Wildman–Crippen LogP) is 4.03. The second-order valence-electron chi connectivity index (χ2n) is 6.55. The van der Waals surface area contributed by atoms with E-state index in [1.807, 2.05) is 12.2 Å². The number of fused-ring (bicyclic) bond motifs is 1. The van der Waals surface area contributed by atoms with Crippen LogP contribution in [0.25, 0.3) is 0 Å². The summed E-state index contributed by atoms with van der Waals surface area (Å²) in [4.78, 5) is 17.8. The van der Waals surface area contributed by atoms with Crippen LogP contribution in [-0.4, -0.2) is 29.7 Å². The van der Waals surface area contributed by atoms with Crippen LogP contribution in [0.5, 0.6) is 0 Å². The molecule has 1 fully saturated rings. The minimum atomic E-state index is -0.300. The van der Waals surface area contributed by atoms with Crippen molar-refractivity contribution in [2.45, 2.75) is 31.7 Å². The van der Waals surface area contributed by atoms with Crippen LogP contribution in [0.3, 0.4) is 0 Å². The quantitative estimate of drug-likeness (QED) is 0.902.